The second-order valence-corrected chi connectivity index (χ2v) is 16.9. The maximum atomic E-state index is 13.7. The van der Waals surface area contributed by atoms with E-state index < -0.39 is 72.9 Å². The van der Waals surface area contributed by atoms with Crippen molar-refractivity contribution in [1.82, 2.24) is 5.32 Å². The van der Waals surface area contributed by atoms with Crippen LogP contribution in [-0.2, 0) is 33.2 Å². The van der Waals surface area contributed by atoms with Gasteiger partial charge in [-0.2, -0.15) is 0 Å². The number of phenolic OH excluding ortho intramolecular Hbond substituents is 1. The second kappa shape index (κ2) is 22.4. The molecular weight excluding hydrogens is 815 g/mol. The molecule has 4 heterocycles. The highest BCUT2D eigenvalue weighted by Crippen LogP contribution is 2.57. The van der Waals surface area contributed by atoms with Gasteiger partial charge in [-0.15, -0.1) is 0 Å². The zero-order valence-corrected chi connectivity index (χ0v) is 37.0. The van der Waals surface area contributed by atoms with Crippen LogP contribution in [0.4, 0.5) is 4.79 Å². The number of carbonyl (C=O) groups is 2. The van der Waals surface area contributed by atoms with Crippen LogP contribution in [-0.4, -0.2) is 100 Å². The molecule has 15 heteroatoms. The molecular formula is C48H65NO14. The first kappa shape index (κ1) is 46.5. The SMILES string of the molecule is CCCCC/C=C\C/C=C\CCCCCCCCNC(=O)O[C@@H]1[C@@H](O)[C@H](O[C@@H]2c3cc4c(cc3[C@@H](c3cc(OC)c(O)c(OC)c3)[C@H]3C(=O)OC[C@@H]32)OCO4)O[C@@H]2CO[C@@H](C)O[C@@H]12. The predicted molar refractivity (Wildman–Crippen MR) is 230 cm³/mol. The summed E-state index contributed by atoms with van der Waals surface area (Å²) in [6.45, 7) is 4.50. The number of fused-ring (bicyclic) bond motifs is 4. The Kier molecular flexibility index (Phi) is 16.5. The van der Waals surface area contributed by atoms with Crippen LogP contribution in [0, 0.1) is 11.8 Å². The van der Waals surface area contributed by atoms with Gasteiger partial charge in [0.1, 0.15) is 18.3 Å². The number of phenols is 1. The molecule has 1 aliphatic carbocycles. The third kappa shape index (κ3) is 11.1. The second-order valence-electron chi connectivity index (χ2n) is 16.9. The summed E-state index contributed by atoms with van der Waals surface area (Å²) in [6.07, 6.45) is 14.8. The smallest absolute Gasteiger partial charge is 0.407 e. The number of benzene rings is 2. The summed E-state index contributed by atoms with van der Waals surface area (Å²) in [5.74, 6) is -1.25. The summed E-state index contributed by atoms with van der Waals surface area (Å²) in [4.78, 5) is 27.0. The van der Waals surface area contributed by atoms with Gasteiger partial charge in [0.15, 0.2) is 41.7 Å². The Balaban J connectivity index is 0.981. The van der Waals surface area contributed by atoms with Gasteiger partial charge in [0.25, 0.3) is 0 Å². The number of unbranched alkanes of at least 4 members (excludes halogenated alkanes) is 9. The quantitative estimate of drug-likeness (QED) is 0.0626. The molecule has 3 N–H and O–H groups in total. The van der Waals surface area contributed by atoms with Gasteiger partial charge in [0.2, 0.25) is 12.5 Å². The van der Waals surface area contributed by atoms with Crippen LogP contribution in [0.2, 0.25) is 0 Å². The van der Waals surface area contributed by atoms with E-state index >= 15 is 0 Å². The van der Waals surface area contributed by atoms with Crippen LogP contribution in [0.3, 0.4) is 0 Å². The highest BCUT2D eigenvalue weighted by molar-refractivity contribution is 5.79. The number of aliphatic hydroxyl groups is 1. The van der Waals surface area contributed by atoms with Gasteiger partial charge in [-0.25, -0.2) is 4.79 Å². The number of alkyl carbamates (subject to hydrolysis) is 1. The van der Waals surface area contributed by atoms with Crippen molar-refractivity contribution >= 4 is 12.1 Å². The molecule has 7 rings (SSSR count). The third-order valence-electron chi connectivity index (χ3n) is 12.6. The topological polar surface area (TPSA) is 179 Å². The number of methoxy groups -OCH3 is 2. The number of aromatic hydroxyl groups is 1. The van der Waals surface area contributed by atoms with Crippen LogP contribution in [0.1, 0.15) is 120 Å². The van der Waals surface area contributed by atoms with Gasteiger partial charge in [0.05, 0.1) is 39.5 Å². The van der Waals surface area contributed by atoms with E-state index in [1.807, 2.05) is 12.1 Å². The Morgan fingerprint density at radius 2 is 1.51 bits per heavy atom. The molecule has 0 radical (unpaired) electrons. The molecule has 3 saturated heterocycles. The minimum atomic E-state index is -1.48. The van der Waals surface area contributed by atoms with Crippen LogP contribution in [0.15, 0.2) is 48.6 Å². The lowest BCUT2D eigenvalue weighted by Gasteiger charge is -2.48. The molecule has 15 nitrogen and oxygen atoms in total. The number of nitrogens with one attached hydrogen (secondary N) is 1. The van der Waals surface area contributed by atoms with Gasteiger partial charge < -0.3 is 62.9 Å². The number of allylic oxidation sites excluding steroid dienone is 4. The molecule has 3 fully saturated rings. The minimum Gasteiger partial charge on any atom is -0.502 e. The van der Waals surface area contributed by atoms with E-state index in [9.17, 15) is 19.8 Å². The summed E-state index contributed by atoms with van der Waals surface area (Å²) >= 11 is 0. The van der Waals surface area contributed by atoms with E-state index in [0.29, 0.717) is 34.7 Å². The van der Waals surface area contributed by atoms with E-state index in [1.54, 1.807) is 19.1 Å². The maximum Gasteiger partial charge on any atom is 0.407 e. The summed E-state index contributed by atoms with van der Waals surface area (Å²) in [5, 5.41) is 25.5. The predicted octanol–water partition coefficient (Wildman–Crippen LogP) is 7.89. The molecule has 1 amide bonds. The lowest BCUT2D eigenvalue weighted by Crippen LogP contribution is -2.64. The summed E-state index contributed by atoms with van der Waals surface area (Å²) in [6, 6.07) is 6.97. The molecule has 0 aromatic heterocycles. The van der Waals surface area contributed by atoms with Crippen molar-refractivity contribution in [2.24, 2.45) is 11.8 Å². The fourth-order valence-corrected chi connectivity index (χ4v) is 9.32. The lowest BCUT2D eigenvalue weighted by molar-refractivity contribution is -0.363. The van der Waals surface area contributed by atoms with Crippen molar-refractivity contribution in [1.29, 1.82) is 0 Å². The molecule has 4 aliphatic heterocycles. The Morgan fingerprint density at radius 3 is 2.21 bits per heavy atom. The van der Waals surface area contributed by atoms with Gasteiger partial charge in [-0.3, -0.25) is 4.79 Å². The van der Waals surface area contributed by atoms with Gasteiger partial charge in [-0.1, -0.05) is 69.8 Å². The maximum absolute atomic E-state index is 13.7. The number of aliphatic hydroxyl groups excluding tert-OH is 1. The highest BCUT2D eigenvalue weighted by atomic mass is 16.8. The number of esters is 1. The molecule has 0 bridgehead atoms. The number of rotatable bonds is 21. The van der Waals surface area contributed by atoms with E-state index in [1.165, 1.54) is 52.7 Å². The zero-order chi connectivity index (χ0) is 44.3. The van der Waals surface area contributed by atoms with Crippen LogP contribution < -0.4 is 24.3 Å². The van der Waals surface area contributed by atoms with Crippen LogP contribution in [0.25, 0.3) is 0 Å². The molecule has 5 aliphatic rings. The van der Waals surface area contributed by atoms with Crippen molar-refractivity contribution in [3.05, 3.63) is 65.3 Å². The van der Waals surface area contributed by atoms with Gasteiger partial charge in [0, 0.05) is 18.4 Å². The Bertz CT molecular complexity index is 1880. The van der Waals surface area contributed by atoms with Crippen molar-refractivity contribution in [2.45, 2.75) is 140 Å². The normalized spacial score (nSPS) is 28.4. The Labute approximate surface area is 370 Å². The van der Waals surface area contributed by atoms with Crippen molar-refractivity contribution in [3.63, 3.8) is 0 Å². The fraction of sp³-hybridized carbons (Fsp3) is 0.625. The molecule has 63 heavy (non-hydrogen) atoms. The highest BCUT2D eigenvalue weighted by Gasteiger charge is 2.57. The molecule has 0 unspecified atom stereocenters. The fourth-order valence-electron chi connectivity index (χ4n) is 9.32. The lowest BCUT2D eigenvalue weighted by atomic mass is 9.66. The summed E-state index contributed by atoms with van der Waals surface area (Å²) < 4.78 is 59.1. The van der Waals surface area contributed by atoms with Crippen LogP contribution >= 0.6 is 0 Å². The first-order valence-corrected chi connectivity index (χ1v) is 22.8. The number of hydrogen-bond donors (Lipinski definition) is 3. The first-order chi connectivity index (χ1) is 30.7. The molecule has 2 aromatic carbocycles. The minimum absolute atomic E-state index is 0.00707. The van der Waals surface area contributed by atoms with E-state index in [2.05, 4.69) is 36.5 Å². The monoisotopic (exact) mass is 879 g/mol. The Morgan fingerprint density at radius 1 is 0.841 bits per heavy atom. The molecule has 0 saturated carbocycles. The van der Waals surface area contributed by atoms with Gasteiger partial charge in [-0.05, 0) is 86.4 Å². The third-order valence-corrected chi connectivity index (χ3v) is 12.6. The summed E-state index contributed by atoms with van der Waals surface area (Å²) in [5.41, 5.74) is 1.96. The van der Waals surface area contributed by atoms with Crippen molar-refractivity contribution in [3.8, 4) is 28.7 Å². The average Bonchev–Trinajstić information content (AvgIpc) is 3.91. The number of hydrogen-bond acceptors (Lipinski definition) is 14. The van der Waals surface area contributed by atoms with Crippen LogP contribution in [0.5, 0.6) is 28.7 Å². The average molecular weight is 880 g/mol. The molecule has 10 atom stereocenters. The number of carbonyl (C=O) groups excluding carboxylic acids is 2. The Hall–Kier alpha value is -4.54. The number of cyclic esters (lactones) is 1. The number of amides is 1. The standard InChI is InChI=1S/C48H65NO14/c1-5-6-7-8-9-10-11-12-13-14-15-16-17-18-19-20-21-49-48(53)63-45-42(51)47(61-38-27-56-29(2)60-44(38)45)62-43-32-25-35-34(58-28-59-35)24-31(32)39(40-33(43)26-57-46(40)52)30-22-36(54-3)41(50)37(23-30)55-4/h9-10,12-13,22-25,29,33,38-40,42-45,47,50-51H,5-8,11,14-21,26-28H2,1-4H3,(H,49,53)/b10-9-,13-12-/t29-,33+,38-,39-,40+,42-,43-,44-,45-,47+/m1/s1. The summed E-state index contributed by atoms with van der Waals surface area (Å²) in [7, 11) is 2.87. The molecule has 2 aromatic rings. The van der Waals surface area contributed by atoms with Gasteiger partial charge >= 0.3 is 12.1 Å². The van der Waals surface area contributed by atoms with Crippen molar-refractivity contribution < 1.29 is 67.2 Å². The zero-order valence-electron chi connectivity index (χ0n) is 37.0. The van der Waals surface area contributed by atoms with E-state index in [0.717, 1.165) is 38.5 Å². The van der Waals surface area contributed by atoms with E-state index in [4.69, 9.17) is 47.4 Å². The molecule has 0 spiro atoms. The van der Waals surface area contributed by atoms with E-state index in [-0.39, 0.29) is 37.3 Å². The van der Waals surface area contributed by atoms with Crippen molar-refractivity contribution in [2.75, 3.05) is 40.8 Å². The largest absolute Gasteiger partial charge is 0.502 e. The molecule has 346 valence electrons. The number of ether oxygens (including phenoxy) is 10. The first-order valence-electron chi connectivity index (χ1n) is 22.8.